The van der Waals surface area contributed by atoms with Gasteiger partial charge in [0.15, 0.2) is 0 Å². The van der Waals surface area contributed by atoms with Crippen molar-refractivity contribution in [3.05, 3.63) is 35.0 Å². The molecule has 1 aromatic carbocycles. The lowest BCUT2D eigenvalue weighted by molar-refractivity contribution is -0.131. The maximum Gasteiger partial charge on any atom is 0.407 e. The molecule has 2 aliphatic rings. The van der Waals surface area contributed by atoms with Crippen molar-refractivity contribution in [3.8, 4) is 10.4 Å². The summed E-state index contributed by atoms with van der Waals surface area (Å²) >= 11 is 1.52. The Morgan fingerprint density at radius 2 is 1.85 bits per heavy atom. The first-order valence-electron chi connectivity index (χ1n) is 14.0. The normalized spacial score (nSPS) is 20.2. The number of hydrogen-bond donors (Lipinski definition) is 2. The Morgan fingerprint density at radius 1 is 1.13 bits per heavy atom. The van der Waals surface area contributed by atoms with Crippen molar-refractivity contribution in [2.24, 2.45) is 0 Å². The molecule has 0 unspecified atom stereocenters. The molecule has 214 valence electrons. The number of sulfonamides is 1. The Bertz CT molecular complexity index is 1250. The maximum atomic E-state index is 13.2. The second-order valence-electron chi connectivity index (χ2n) is 10.7. The highest BCUT2D eigenvalue weighted by Gasteiger charge is 2.28. The number of likely N-dealkylation sites (tertiary alicyclic amines) is 1. The summed E-state index contributed by atoms with van der Waals surface area (Å²) in [5.74, 6) is 0.301. The van der Waals surface area contributed by atoms with Crippen LogP contribution in [-0.2, 0) is 26.0 Å². The lowest BCUT2D eigenvalue weighted by atomic mass is 9.86. The molecule has 2 heterocycles. The molecule has 1 saturated carbocycles. The molecule has 0 bridgehead atoms. The van der Waals surface area contributed by atoms with Gasteiger partial charge in [-0.25, -0.2) is 22.9 Å². The summed E-state index contributed by atoms with van der Waals surface area (Å²) in [5, 5.41) is 3.93. The number of aromatic nitrogens is 1. The largest absolute Gasteiger partial charge is 0.447 e. The lowest BCUT2D eigenvalue weighted by Gasteiger charge is -2.28. The molecule has 2 N–H and O–H groups in total. The van der Waals surface area contributed by atoms with E-state index in [9.17, 15) is 18.0 Å². The van der Waals surface area contributed by atoms with E-state index in [1.54, 1.807) is 19.2 Å². The molecule has 1 aromatic heterocycles. The Hall–Kier alpha value is -2.50. The number of thiazole rings is 1. The Balaban J connectivity index is 1.49. The van der Waals surface area contributed by atoms with Crippen molar-refractivity contribution in [1.82, 2.24) is 19.9 Å². The van der Waals surface area contributed by atoms with Crippen LogP contribution in [0.15, 0.2) is 29.3 Å². The first kappa shape index (κ1) is 29.5. The highest BCUT2D eigenvalue weighted by atomic mass is 32.2. The smallest absolute Gasteiger partial charge is 0.407 e. The van der Waals surface area contributed by atoms with Gasteiger partial charge in [0.2, 0.25) is 15.9 Å². The van der Waals surface area contributed by atoms with Crippen molar-refractivity contribution in [2.75, 3.05) is 19.6 Å². The molecule has 39 heavy (non-hydrogen) atoms. The molecule has 9 nitrogen and oxygen atoms in total. The van der Waals surface area contributed by atoms with E-state index in [2.05, 4.69) is 15.0 Å². The van der Waals surface area contributed by atoms with Crippen LogP contribution in [0.4, 0.5) is 4.79 Å². The fourth-order valence-electron chi connectivity index (χ4n) is 5.30. The Kier molecular flexibility index (Phi) is 10.0. The highest BCUT2D eigenvalue weighted by molar-refractivity contribution is 7.89. The van der Waals surface area contributed by atoms with Gasteiger partial charge in [0.1, 0.15) is 0 Å². The zero-order valence-electron chi connectivity index (χ0n) is 23.1. The zero-order valence-corrected chi connectivity index (χ0v) is 24.7. The second kappa shape index (κ2) is 13.2. The Morgan fingerprint density at radius 3 is 2.51 bits per heavy atom. The summed E-state index contributed by atoms with van der Waals surface area (Å²) in [6, 6.07) is 5.39. The van der Waals surface area contributed by atoms with Gasteiger partial charge in [-0.3, -0.25) is 4.79 Å². The topological polar surface area (TPSA) is 118 Å². The van der Waals surface area contributed by atoms with E-state index in [-0.39, 0.29) is 47.9 Å². The summed E-state index contributed by atoms with van der Waals surface area (Å²) < 4.78 is 34.2. The number of alkyl carbamates (subject to hydrolysis) is 1. The van der Waals surface area contributed by atoms with Gasteiger partial charge in [-0.05, 0) is 70.4 Å². The minimum absolute atomic E-state index is 0.0388. The number of nitrogens with one attached hydrogen (secondary N) is 2. The number of piperidine rings is 1. The van der Waals surface area contributed by atoms with Crippen LogP contribution in [0.5, 0.6) is 0 Å². The molecule has 11 heteroatoms. The summed E-state index contributed by atoms with van der Waals surface area (Å²) in [6.07, 6.45) is 8.04. The molecule has 1 aliphatic heterocycles. The van der Waals surface area contributed by atoms with Crippen LogP contribution in [0, 0.1) is 0 Å². The van der Waals surface area contributed by atoms with Crippen molar-refractivity contribution in [3.63, 3.8) is 0 Å². The standard InChI is InChI=1S/C28H40N4O5S2/c1-4-30-39(35,36)25-16-20(17-26(33)32-14-6-5-7-15-32)8-13-23(25)24-18-29-27(38-24)21-9-11-22(12-10-21)31-28(34)37-19(2)3/h8,13,16,18-19,21-22,30H,4-7,9-12,14-15,17H2,1-3H3,(H,31,34). The minimum atomic E-state index is -3.76. The SMILES string of the molecule is CCNS(=O)(=O)c1cc(CC(=O)N2CCCCC2)ccc1-c1cnc(C2CCC(NC(=O)OC(C)C)CC2)s1. The van der Waals surface area contributed by atoms with Crippen LogP contribution in [0.1, 0.15) is 82.2 Å². The number of amides is 2. The number of nitrogens with zero attached hydrogens (tertiary/aromatic N) is 2. The monoisotopic (exact) mass is 576 g/mol. The molecule has 2 aromatic rings. The predicted molar refractivity (Wildman–Crippen MR) is 152 cm³/mol. The highest BCUT2D eigenvalue weighted by Crippen LogP contribution is 2.39. The third kappa shape index (κ3) is 7.79. The average Bonchev–Trinajstić information content (AvgIpc) is 3.39. The third-order valence-electron chi connectivity index (χ3n) is 7.26. The molecular weight excluding hydrogens is 536 g/mol. The number of carbonyl (C=O) groups is 2. The van der Waals surface area contributed by atoms with E-state index < -0.39 is 10.0 Å². The summed E-state index contributed by atoms with van der Waals surface area (Å²) in [4.78, 5) is 32.3. The number of benzene rings is 1. The van der Waals surface area contributed by atoms with Crippen LogP contribution in [0.25, 0.3) is 10.4 Å². The van der Waals surface area contributed by atoms with Gasteiger partial charge in [0.25, 0.3) is 0 Å². The quantitative estimate of drug-likeness (QED) is 0.442. The van der Waals surface area contributed by atoms with Crippen molar-refractivity contribution >= 4 is 33.4 Å². The van der Waals surface area contributed by atoms with Gasteiger partial charge in [0.05, 0.1) is 27.3 Å². The van der Waals surface area contributed by atoms with Gasteiger partial charge in [-0.1, -0.05) is 19.1 Å². The van der Waals surface area contributed by atoms with E-state index in [1.807, 2.05) is 30.9 Å². The van der Waals surface area contributed by atoms with E-state index >= 15 is 0 Å². The van der Waals surface area contributed by atoms with Gasteiger partial charge in [0, 0.05) is 43.4 Å². The van der Waals surface area contributed by atoms with Gasteiger partial charge in [-0.15, -0.1) is 11.3 Å². The zero-order chi connectivity index (χ0) is 28.0. The van der Waals surface area contributed by atoms with Crippen LogP contribution >= 0.6 is 11.3 Å². The molecule has 0 radical (unpaired) electrons. The van der Waals surface area contributed by atoms with Crippen LogP contribution in [0.2, 0.25) is 0 Å². The molecule has 0 spiro atoms. The van der Waals surface area contributed by atoms with E-state index in [1.165, 1.54) is 11.3 Å². The molecular formula is C28H40N4O5S2. The number of hydrogen-bond acceptors (Lipinski definition) is 7. The second-order valence-corrected chi connectivity index (χ2v) is 13.5. The number of ether oxygens (including phenoxy) is 1. The fraction of sp³-hybridized carbons (Fsp3) is 0.607. The summed E-state index contributed by atoms with van der Waals surface area (Å²) in [5.41, 5.74) is 1.29. The lowest BCUT2D eigenvalue weighted by Crippen LogP contribution is -2.38. The summed E-state index contributed by atoms with van der Waals surface area (Å²) in [6.45, 7) is 7.21. The number of carbonyl (C=O) groups excluding carboxylic acids is 2. The van der Waals surface area contributed by atoms with Gasteiger partial charge >= 0.3 is 6.09 Å². The molecule has 1 saturated heterocycles. The average molecular weight is 577 g/mol. The van der Waals surface area contributed by atoms with Gasteiger partial charge < -0.3 is 15.0 Å². The third-order valence-corrected chi connectivity index (χ3v) is 10.0. The van der Waals surface area contributed by atoms with Gasteiger partial charge in [-0.2, -0.15) is 0 Å². The van der Waals surface area contributed by atoms with E-state index in [0.717, 1.165) is 67.9 Å². The molecule has 4 rings (SSSR count). The van der Waals surface area contributed by atoms with Crippen molar-refractivity contribution < 1.29 is 22.7 Å². The molecule has 2 amide bonds. The Labute approximate surface area is 235 Å². The van der Waals surface area contributed by atoms with Crippen LogP contribution in [-0.4, -0.2) is 62.1 Å². The number of rotatable bonds is 9. The molecule has 1 aliphatic carbocycles. The first-order chi connectivity index (χ1) is 18.7. The van der Waals surface area contributed by atoms with Crippen molar-refractivity contribution in [1.29, 1.82) is 0 Å². The summed E-state index contributed by atoms with van der Waals surface area (Å²) in [7, 11) is -3.76. The predicted octanol–water partition coefficient (Wildman–Crippen LogP) is 4.82. The molecule has 0 atom stereocenters. The van der Waals surface area contributed by atoms with Crippen LogP contribution in [0.3, 0.4) is 0 Å². The van der Waals surface area contributed by atoms with E-state index in [0.29, 0.717) is 11.1 Å². The maximum absolute atomic E-state index is 13.2. The fourth-order valence-corrected chi connectivity index (χ4v) is 7.80. The van der Waals surface area contributed by atoms with Crippen molar-refractivity contribution in [2.45, 2.75) is 95.1 Å². The van der Waals surface area contributed by atoms with Crippen LogP contribution < -0.4 is 10.0 Å². The molecule has 2 fully saturated rings. The first-order valence-corrected chi connectivity index (χ1v) is 16.3. The van der Waals surface area contributed by atoms with E-state index in [4.69, 9.17) is 4.74 Å². The minimum Gasteiger partial charge on any atom is -0.447 e.